The summed E-state index contributed by atoms with van der Waals surface area (Å²) in [4.78, 5) is 0. The van der Waals surface area contributed by atoms with E-state index < -0.39 is 0 Å². The van der Waals surface area contributed by atoms with Gasteiger partial charge in [0.05, 0.1) is 11.7 Å². The van der Waals surface area contributed by atoms with Gasteiger partial charge < -0.3 is 5.32 Å². The molecule has 0 bridgehead atoms. The van der Waals surface area contributed by atoms with Crippen LogP contribution in [0.2, 0.25) is 0 Å². The standard InChI is InChI=1S/C13H16BrN/c1-5-11(6-2)15-13-10(4)7-9(3)8-12(13)14/h1,7-8,11,15H,6H2,2-4H3. The molecule has 0 aromatic heterocycles. The quantitative estimate of drug-likeness (QED) is 0.818. The lowest BCUT2D eigenvalue weighted by Crippen LogP contribution is -2.16. The van der Waals surface area contributed by atoms with Crippen LogP contribution in [0.4, 0.5) is 5.69 Å². The molecule has 0 aliphatic rings. The largest absolute Gasteiger partial charge is 0.370 e. The number of halogens is 1. The van der Waals surface area contributed by atoms with Crippen LogP contribution in [-0.2, 0) is 0 Å². The zero-order valence-electron chi connectivity index (χ0n) is 9.39. The highest BCUT2D eigenvalue weighted by Gasteiger charge is 2.08. The summed E-state index contributed by atoms with van der Waals surface area (Å²) in [6.45, 7) is 6.25. The summed E-state index contributed by atoms with van der Waals surface area (Å²) < 4.78 is 1.08. The first-order valence-electron chi connectivity index (χ1n) is 5.08. The molecule has 0 radical (unpaired) electrons. The molecule has 1 unspecified atom stereocenters. The normalized spacial score (nSPS) is 11.9. The van der Waals surface area contributed by atoms with Crippen LogP contribution in [0.5, 0.6) is 0 Å². The Hall–Kier alpha value is -0.940. The number of anilines is 1. The van der Waals surface area contributed by atoms with E-state index in [0.717, 1.165) is 16.6 Å². The maximum absolute atomic E-state index is 5.43. The highest BCUT2D eigenvalue weighted by molar-refractivity contribution is 9.10. The molecule has 80 valence electrons. The van der Waals surface area contributed by atoms with Gasteiger partial charge in [0.15, 0.2) is 0 Å². The van der Waals surface area contributed by atoms with Crippen LogP contribution >= 0.6 is 15.9 Å². The monoisotopic (exact) mass is 265 g/mol. The Morgan fingerprint density at radius 3 is 2.60 bits per heavy atom. The molecule has 1 N–H and O–H groups in total. The van der Waals surface area contributed by atoms with Crippen LogP contribution in [0, 0.1) is 26.2 Å². The first-order valence-corrected chi connectivity index (χ1v) is 5.87. The molecule has 0 amide bonds. The molecule has 1 aromatic carbocycles. The summed E-state index contributed by atoms with van der Waals surface area (Å²) in [5.74, 6) is 2.74. The van der Waals surface area contributed by atoms with Crippen molar-refractivity contribution in [1.82, 2.24) is 0 Å². The minimum absolute atomic E-state index is 0.0997. The smallest absolute Gasteiger partial charge is 0.0872 e. The van der Waals surface area contributed by atoms with Gasteiger partial charge >= 0.3 is 0 Å². The maximum atomic E-state index is 5.43. The Kier molecular flexibility index (Phi) is 4.23. The van der Waals surface area contributed by atoms with Gasteiger partial charge in [0, 0.05) is 4.47 Å². The molecule has 0 saturated heterocycles. The molecule has 0 fully saturated rings. The zero-order valence-corrected chi connectivity index (χ0v) is 11.0. The SMILES string of the molecule is C#CC(CC)Nc1c(C)cc(C)cc1Br. The topological polar surface area (TPSA) is 12.0 Å². The highest BCUT2D eigenvalue weighted by atomic mass is 79.9. The Morgan fingerprint density at radius 1 is 1.47 bits per heavy atom. The lowest BCUT2D eigenvalue weighted by molar-refractivity contribution is 0.855. The van der Waals surface area contributed by atoms with E-state index in [2.05, 4.69) is 60.1 Å². The zero-order chi connectivity index (χ0) is 11.4. The number of benzene rings is 1. The van der Waals surface area contributed by atoms with Crippen molar-refractivity contribution >= 4 is 21.6 Å². The van der Waals surface area contributed by atoms with Crippen LogP contribution in [0.15, 0.2) is 16.6 Å². The van der Waals surface area contributed by atoms with E-state index in [9.17, 15) is 0 Å². The minimum atomic E-state index is 0.0997. The number of nitrogens with one attached hydrogen (secondary N) is 1. The Bertz CT molecular complexity index is 367. The molecule has 0 aliphatic heterocycles. The third-order valence-electron chi connectivity index (χ3n) is 2.36. The molecule has 0 spiro atoms. The van der Waals surface area contributed by atoms with Gasteiger partial charge in [-0.15, -0.1) is 6.42 Å². The summed E-state index contributed by atoms with van der Waals surface area (Å²) in [6.07, 6.45) is 6.36. The maximum Gasteiger partial charge on any atom is 0.0872 e. The molecule has 0 saturated carbocycles. The van der Waals surface area contributed by atoms with E-state index in [0.29, 0.717) is 0 Å². The third-order valence-corrected chi connectivity index (χ3v) is 2.99. The fraction of sp³-hybridized carbons (Fsp3) is 0.385. The van der Waals surface area contributed by atoms with Gasteiger partial charge in [0.25, 0.3) is 0 Å². The van der Waals surface area contributed by atoms with E-state index in [1.54, 1.807) is 0 Å². The second-order valence-electron chi connectivity index (χ2n) is 3.71. The van der Waals surface area contributed by atoms with Crippen molar-refractivity contribution in [2.75, 3.05) is 5.32 Å². The fourth-order valence-corrected chi connectivity index (χ4v) is 2.32. The van der Waals surface area contributed by atoms with E-state index in [-0.39, 0.29) is 6.04 Å². The van der Waals surface area contributed by atoms with E-state index in [4.69, 9.17) is 6.42 Å². The number of hydrogen-bond acceptors (Lipinski definition) is 1. The highest BCUT2D eigenvalue weighted by Crippen LogP contribution is 2.28. The van der Waals surface area contributed by atoms with Crippen molar-refractivity contribution in [1.29, 1.82) is 0 Å². The van der Waals surface area contributed by atoms with Gasteiger partial charge in [-0.2, -0.15) is 0 Å². The van der Waals surface area contributed by atoms with Crippen molar-refractivity contribution in [3.8, 4) is 12.3 Å². The average Bonchev–Trinajstić information content (AvgIpc) is 2.17. The Balaban J connectivity index is 3.00. The molecule has 1 nitrogen and oxygen atoms in total. The molecule has 1 atom stereocenters. The number of rotatable bonds is 3. The Morgan fingerprint density at radius 2 is 2.13 bits per heavy atom. The second-order valence-corrected chi connectivity index (χ2v) is 4.56. The van der Waals surface area contributed by atoms with Gasteiger partial charge in [-0.05, 0) is 53.4 Å². The number of aryl methyl sites for hydroxylation is 2. The van der Waals surface area contributed by atoms with Crippen LogP contribution in [-0.4, -0.2) is 6.04 Å². The molecular weight excluding hydrogens is 250 g/mol. The lowest BCUT2D eigenvalue weighted by Gasteiger charge is -2.16. The van der Waals surface area contributed by atoms with Crippen molar-refractivity contribution in [2.24, 2.45) is 0 Å². The van der Waals surface area contributed by atoms with Gasteiger partial charge in [-0.25, -0.2) is 0 Å². The van der Waals surface area contributed by atoms with Crippen molar-refractivity contribution < 1.29 is 0 Å². The predicted octanol–water partition coefficient (Wildman–Crippen LogP) is 3.89. The molecule has 1 aromatic rings. The first kappa shape index (κ1) is 12.1. The van der Waals surface area contributed by atoms with Crippen LogP contribution in [0.25, 0.3) is 0 Å². The van der Waals surface area contributed by atoms with Gasteiger partial charge in [0.1, 0.15) is 0 Å². The molecular formula is C13H16BrN. The van der Waals surface area contributed by atoms with Crippen LogP contribution in [0.1, 0.15) is 24.5 Å². The average molecular weight is 266 g/mol. The van der Waals surface area contributed by atoms with Gasteiger partial charge in [-0.3, -0.25) is 0 Å². The summed E-state index contributed by atoms with van der Waals surface area (Å²) in [5, 5.41) is 3.36. The molecule has 15 heavy (non-hydrogen) atoms. The number of terminal acetylenes is 1. The van der Waals surface area contributed by atoms with Crippen LogP contribution in [0.3, 0.4) is 0 Å². The van der Waals surface area contributed by atoms with Crippen LogP contribution < -0.4 is 5.32 Å². The van der Waals surface area contributed by atoms with Gasteiger partial charge in [0.2, 0.25) is 0 Å². The Labute approximate surface area is 100 Å². The van der Waals surface area contributed by atoms with E-state index in [1.807, 2.05) is 0 Å². The molecule has 2 heteroatoms. The van der Waals surface area contributed by atoms with Gasteiger partial charge in [-0.1, -0.05) is 18.9 Å². The van der Waals surface area contributed by atoms with Crippen molar-refractivity contribution in [3.63, 3.8) is 0 Å². The molecule has 0 aliphatic carbocycles. The minimum Gasteiger partial charge on any atom is -0.370 e. The molecule has 1 rings (SSSR count). The third kappa shape index (κ3) is 3.00. The lowest BCUT2D eigenvalue weighted by atomic mass is 10.1. The number of hydrogen-bond donors (Lipinski definition) is 1. The van der Waals surface area contributed by atoms with E-state index >= 15 is 0 Å². The summed E-state index contributed by atoms with van der Waals surface area (Å²) in [7, 11) is 0. The van der Waals surface area contributed by atoms with Crippen molar-refractivity contribution in [3.05, 3.63) is 27.7 Å². The van der Waals surface area contributed by atoms with Crippen molar-refractivity contribution in [2.45, 2.75) is 33.2 Å². The second kappa shape index (κ2) is 5.23. The van der Waals surface area contributed by atoms with E-state index in [1.165, 1.54) is 11.1 Å². The molecule has 0 heterocycles. The summed E-state index contributed by atoms with van der Waals surface area (Å²) in [6, 6.07) is 4.34. The summed E-state index contributed by atoms with van der Waals surface area (Å²) >= 11 is 3.55. The first-order chi connectivity index (χ1) is 7.08. The predicted molar refractivity (Wildman–Crippen MR) is 70.2 cm³/mol. The fourth-order valence-electron chi connectivity index (χ4n) is 1.53. The summed E-state index contributed by atoms with van der Waals surface area (Å²) in [5.41, 5.74) is 3.57.